The molecule has 10 rings (SSSR count). The van der Waals surface area contributed by atoms with Crippen molar-refractivity contribution in [2.45, 2.75) is 134 Å². The van der Waals surface area contributed by atoms with E-state index >= 15 is 0 Å². The van der Waals surface area contributed by atoms with Gasteiger partial charge in [0.2, 0.25) is 0 Å². The van der Waals surface area contributed by atoms with Crippen LogP contribution >= 0.6 is 0 Å². The molecule has 0 spiro atoms. The number of hydrogen-bond donors (Lipinski definition) is 0. The fraction of sp³-hybridized carbons (Fsp3) is 0.510. The predicted molar refractivity (Wildman–Crippen MR) is 225 cm³/mol. The molecule has 0 aromatic carbocycles. The van der Waals surface area contributed by atoms with E-state index in [9.17, 15) is 0 Å². The van der Waals surface area contributed by atoms with Crippen LogP contribution in [-0.2, 0) is 4.74 Å². The number of hydrogen-bond acceptors (Lipinski definition) is 4. The summed E-state index contributed by atoms with van der Waals surface area (Å²) < 4.78 is 7.08. The van der Waals surface area contributed by atoms with Gasteiger partial charge in [-0.3, -0.25) is 0 Å². The van der Waals surface area contributed by atoms with Gasteiger partial charge < -0.3 is 4.74 Å². The number of nitrogens with zero attached hydrogens (tertiary/aromatic N) is 3. The minimum atomic E-state index is 0.0498. The van der Waals surface area contributed by atoms with Crippen molar-refractivity contribution in [3.63, 3.8) is 0 Å². The second kappa shape index (κ2) is 15.2. The molecule has 0 N–H and O–H groups in total. The number of fused-ring (bicyclic) bond motifs is 3. The smallest absolute Gasteiger partial charge is 0.159 e. The van der Waals surface area contributed by atoms with Crippen molar-refractivity contribution in [1.82, 2.24) is 15.0 Å². The fourth-order valence-electron chi connectivity index (χ4n) is 12.3. The number of ether oxygens (including phenoxy) is 1. The Kier molecular flexibility index (Phi) is 9.83. The summed E-state index contributed by atoms with van der Waals surface area (Å²) >= 11 is 0. The Morgan fingerprint density at radius 1 is 0.673 bits per heavy atom. The average molecular weight is 730 g/mol. The normalized spacial score (nSPS) is 35.5. The van der Waals surface area contributed by atoms with Gasteiger partial charge in [0.25, 0.3) is 0 Å². The second-order valence-corrected chi connectivity index (χ2v) is 17.9. The summed E-state index contributed by atoms with van der Waals surface area (Å²) in [6.07, 6.45) is 56.1. The van der Waals surface area contributed by atoms with E-state index in [0.29, 0.717) is 29.8 Å². The highest BCUT2D eigenvalue weighted by atomic mass is 16.5. The van der Waals surface area contributed by atoms with Crippen molar-refractivity contribution in [3.05, 3.63) is 136 Å². The van der Waals surface area contributed by atoms with E-state index < -0.39 is 0 Å². The third kappa shape index (κ3) is 6.45. The highest BCUT2D eigenvalue weighted by Gasteiger charge is 2.59. The summed E-state index contributed by atoms with van der Waals surface area (Å²) in [7, 11) is 0. The van der Waals surface area contributed by atoms with E-state index in [1.165, 1.54) is 80.1 Å². The molecule has 1 saturated heterocycles. The summed E-state index contributed by atoms with van der Waals surface area (Å²) in [5.74, 6) is 5.11. The molecular formula is C51H59N3O. The molecular weight excluding hydrogens is 671 g/mol. The summed E-state index contributed by atoms with van der Waals surface area (Å²) in [5, 5.41) is 0. The van der Waals surface area contributed by atoms with Gasteiger partial charge in [-0.05, 0) is 148 Å². The lowest BCUT2D eigenvalue weighted by molar-refractivity contribution is -0.130. The molecule has 1 aromatic heterocycles. The van der Waals surface area contributed by atoms with E-state index in [2.05, 4.69) is 98.1 Å². The van der Waals surface area contributed by atoms with E-state index in [1.807, 2.05) is 0 Å². The lowest BCUT2D eigenvalue weighted by atomic mass is 9.48. The largest absolute Gasteiger partial charge is 0.370 e. The minimum Gasteiger partial charge on any atom is -0.370 e. The predicted octanol–water partition coefficient (Wildman–Crippen LogP) is 12.6. The second-order valence-electron chi connectivity index (χ2n) is 17.9. The molecule has 0 amide bonds. The Morgan fingerprint density at radius 3 is 2.47 bits per heavy atom. The lowest BCUT2D eigenvalue weighted by Gasteiger charge is -2.60. The Balaban J connectivity index is 1.03. The third-order valence-corrected chi connectivity index (χ3v) is 14.9. The molecule has 55 heavy (non-hydrogen) atoms. The van der Waals surface area contributed by atoms with Crippen LogP contribution in [-0.4, -0.2) is 27.2 Å². The Bertz CT molecular complexity index is 2040. The van der Waals surface area contributed by atoms with Crippen molar-refractivity contribution >= 4 is 11.1 Å². The molecule has 8 aliphatic carbocycles. The number of rotatable bonds is 6. The monoisotopic (exact) mass is 729 g/mol. The SMILES string of the molecule is CC1CC=C(C2=CC=CC(c3nc(C4=CC=CCC4)nc(C4=C5CCC=CC5CCC4)n3)C2)C=C1C1(C2CC=CCC2)C2=CC=CCC2OC2CCCCC21. The first-order chi connectivity index (χ1) is 27.2. The molecule has 0 radical (unpaired) electrons. The third-order valence-electron chi connectivity index (χ3n) is 14.9. The molecule has 2 heterocycles. The molecule has 2 fully saturated rings. The van der Waals surface area contributed by atoms with Gasteiger partial charge >= 0.3 is 0 Å². The van der Waals surface area contributed by atoms with E-state index in [-0.39, 0.29) is 17.4 Å². The van der Waals surface area contributed by atoms with Crippen molar-refractivity contribution < 1.29 is 4.74 Å². The Hall–Kier alpha value is -3.89. The summed E-state index contributed by atoms with van der Waals surface area (Å²) in [6, 6.07) is 0. The maximum absolute atomic E-state index is 7.08. The van der Waals surface area contributed by atoms with Crippen LogP contribution in [0.15, 0.2) is 119 Å². The van der Waals surface area contributed by atoms with Gasteiger partial charge in [-0.15, -0.1) is 0 Å². The highest BCUT2D eigenvalue weighted by molar-refractivity contribution is 5.69. The van der Waals surface area contributed by atoms with E-state index in [0.717, 1.165) is 68.8 Å². The number of aromatic nitrogens is 3. The van der Waals surface area contributed by atoms with Crippen LogP contribution in [0.3, 0.4) is 0 Å². The average Bonchev–Trinajstić information content (AvgIpc) is 3.26. The highest BCUT2D eigenvalue weighted by Crippen LogP contribution is 2.64. The zero-order valence-electron chi connectivity index (χ0n) is 33.0. The van der Waals surface area contributed by atoms with Gasteiger partial charge in [0.1, 0.15) is 5.82 Å². The molecule has 0 bridgehead atoms. The van der Waals surface area contributed by atoms with Gasteiger partial charge in [0.05, 0.1) is 12.2 Å². The van der Waals surface area contributed by atoms with Gasteiger partial charge in [0.15, 0.2) is 11.6 Å². The first-order valence-electron chi connectivity index (χ1n) is 22.2. The maximum Gasteiger partial charge on any atom is 0.159 e. The lowest BCUT2D eigenvalue weighted by Crippen LogP contribution is -2.57. The van der Waals surface area contributed by atoms with Crippen molar-refractivity contribution in [3.8, 4) is 0 Å². The van der Waals surface area contributed by atoms with Gasteiger partial charge in [-0.25, -0.2) is 15.0 Å². The maximum atomic E-state index is 7.08. The van der Waals surface area contributed by atoms with E-state index in [1.54, 1.807) is 16.7 Å². The first kappa shape index (κ1) is 35.5. The van der Waals surface area contributed by atoms with Crippen molar-refractivity contribution in [2.24, 2.45) is 29.1 Å². The Labute approximate surface area is 329 Å². The molecule has 9 aliphatic rings. The van der Waals surface area contributed by atoms with E-state index in [4.69, 9.17) is 19.7 Å². The zero-order chi connectivity index (χ0) is 36.8. The minimum absolute atomic E-state index is 0.0498. The molecule has 8 atom stereocenters. The molecule has 1 aliphatic heterocycles. The van der Waals surface area contributed by atoms with Crippen LogP contribution in [0, 0.1) is 29.1 Å². The summed E-state index contributed by atoms with van der Waals surface area (Å²) in [6.45, 7) is 2.52. The van der Waals surface area contributed by atoms with Gasteiger partial charge in [0, 0.05) is 11.3 Å². The Morgan fingerprint density at radius 2 is 1.56 bits per heavy atom. The van der Waals surface area contributed by atoms with Crippen molar-refractivity contribution in [1.29, 1.82) is 0 Å². The quantitative estimate of drug-likeness (QED) is 0.274. The fourth-order valence-corrected chi connectivity index (χ4v) is 12.3. The molecule has 4 heteroatoms. The molecule has 1 aromatic rings. The standard InChI is InChI=1S/C51H59N3O/c1-34-30-31-38(33-45(34)51(40-22-6-3-7-23-40)43-26-10-12-28-46(43)55-47-29-13-11-27-44(47)51)37-20-14-21-39(32-37)49-52-48(36-17-4-2-5-18-36)53-50(54-49)42-25-15-19-35-16-8-9-24-41(35)42/h2-4,6,8,10,12,14,16-17,20-21,26,31,33-35,39-40,44,46-47H,5,7,9,11,13,15,18-19,22-25,27-30,32H2,1H3. The van der Waals surface area contributed by atoms with Crippen LogP contribution in [0.1, 0.15) is 139 Å². The first-order valence-corrected chi connectivity index (χ1v) is 22.2. The molecule has 8 unspecified atom stereocenters. The van der Waals surface area contributed by atoms with Gasteiger partial charge in [-0.2, -0.15) is 0 Å². The molecule has 1 saturated carbocycles. The number of allylic oxidation sites excluding steroid dienone is 20. The molecule has 284 valence electrons. The van der Waals surface area contributed by atoms with Gasteiger partial charge in [-0.1, -0.05) is 122 Å². The van der Waals surface area contributed by atoms with Crippen LogP contribution in [0.25, 0.3) is 11.1 Å². The van der Waals surface area contributed by atoms with Crippen LogP contribution in [0.5, 0.6) is 0 Å². The van der Waals surface area contributed by atoms with Crippen LogP contribution in [0.2, 0.25) is 0 Å². The summed E-state index contributed by atoms with van der Waals surface area (Å²) in [5.41, 5.74) is 10.4. The zero-order valence-corrected chi connectivity index (χ0v) is 33.0. The summed E-state index contributed by atoms with van der Waals surface area (Å²) in [4.78, 5) is 16.0. The van der Waals surface area contributed by atoms with Crippen molar-refractivity contribution in [2.75, 3.05) is 0 Å². The van der Waals surface area contributed by atoms with Crippen LogP contribution < -0.4 is 0 Å². The topological polar surface area (TPSA) is 47.9 Å². The van der Waals surface area contributed by atoms with Crippen LogP contribution in [0.4, 0.5) is 0 Å². The molecule has 4 nitrogen and oxygen atoms in total.